The Hall–Kier alpha value is -3.24. The van der Waals surface area contributed by atoms with Gasteiger partial charge in [0.05, 0.1) is 30.4 Å². The molecule has 0 bridgehead atoms. The quantitative estimate of drug-likeness (QED) is 0.409. The Labute approximate surface area is 179 Å². The molecule has 1 aliphatic rings. The standard InChI is InChI=1S/C20H22N4O5S/c1-2-29-18-6-4-3-5-15(18)21-20(30)22-19(25)14-7-8-16(17(13-14)24(26)27)23-9-11-28-12-10-23/h3-8,13H,2,9-12H2,1H3,(H2,21,22,25,30). The van der Waals surface area contributed by atoms with Crippen LogP contribution in [0.3, 0.4) is 0 Å². The molecule has 1 amide bonds. The molecular weight excluding hydrogens is 408 g/mol. The molecule has 0 aromatic heterocycles. The van der Waals surface area contributed by atoms with Gasteiger partial charge >= 0.3 is 0 Å². The van der Waals surface area contributed by atoms with Crippen LogP contribution in [0.15, 0.2) is 42.5 Å². The van der Waals surface area contributed by atoms with Crippen LogP contribution in [0.4, 0.5) is 17.1 Å². The molecule has 0 aliphatic carbocycles. The Kier molecular flexibility index (Phi) is 7.15. The number of ether oxygens (including phenoxy) is 2. The smallest absolute Gasteiger partial charge is 0.293 e. The van der Waals surface area contributed by atoms with E-state index in [1.54, 1.807) is 24.3 Å². The summed E-state index contributed by atoms with van der Waals surface area (Å²) < 4.78 is 10.8. The van der Waals surface area contributed by atoms with Crippen molar-refractivity contribution >= 4 is 40.3 Å². The van der Waals surface area contributed by atoms with Gasteiger partial charge in [-0.25, -0.2) is 0 Å². The average Bonchev–Trinajstić information content (AvgIpc) is 2.75. The number of morpholine rings is 1. The number of thiocarbonyl (C=S) groups is 1. The third-order valence-corrected chi connectivity index (χ3v) is 4.65. The number of amides is 1. The van der Waals surface area contributed by atoms with Gasteiger partial charge in [-0.15, -0.1) is 0 Å². The average molecular weight is 430 g/mol. The van der Waals surface area contributed by atoms with Crippen LogP contribution in [0.5, 0.6) is 5.75 Å². The molecule has 30 heavy (non-hydrogen) atoms. The largest absolute Gasteiger partial charge is 0.492 e. The highest BCUT2D eigenvalue weighted by Crippen LogP contribution is 2.30. The highest BCUT2D eigenvalue weighted by atomic mass is 32.1. The Bertz CT molecular complexity index is 947. The number of benzene rings is 2. The lowest BCUT2D eigenvalue weighted by Gasteiger charge is -2.28. The normalized spacial score (nSPS) is 13.4. The number of anilines is 2. The second-order valence-corrected chi connectivity index (χ2v) is 6.81. The van der Waals surface area contributed by atoms with Crippen molar-refractivity contribution in [1.82, 2.24) is 5.32 Å². The third kappa shape index (κ3) is 5.22. The van der Waals surface area contributed by atoms with Crippen LogP contribution in [0.1, 0.15) is 17.3 Å². The number of carbonyl (C=O) groups is 1. The van der Waals surface area contributed by atoms with E-state index < -0.39 is 10.8 Å². The van der Waals surface area contributed by atoms with E-state index in [2.05, 4.69) is 10.6 Å². The highest BCUT2D eigenvalue weighted by Gasteiger charge is 2.23. The number of hydrogen-bond acceptors (Lipinski definition) is 7. The molecule has 10 heteroatoms. The van der Waals surface area contributed by atoms with Crippen LogP contribution >= 0.6 is 12.2 Å². The lowest BCUT2D eigenvalue weighted by Crippen LogP contribution is -2.37. The van der Waals surface area contributed by atoms with Gasteiger partial charge in [0, 0.05) is 24.7 Å². The second-order valence-electron chi connectivity index (χ2n) is 6.40. The minimum absolute atomic E-state index is 0.0621. The van der Waals surface area contributed by atoms with E-state index in [1.807, 2.05) is 24.0 Å². The van der Waals surface area contributed by atoms with E-state index in [0.29, 0.717) is 50.0 Å². The number of carbonyl (C=O) groups excluding carboxylic acids is 1. The number of nitrogens with one attached hydrogen (secondary N) is 2. The summed E-state index contributed by atoms with van der Waals surface area (Å²) in [5, 5.41) is 17.1. The Morgan fingerprint density at radius 2 is 2.00 bits per heavy atom. The summed E-state index contributed by atoms with van der Waals surface area (Å²) in [6.07, 6.45) is 0. The lowest BCUT2D eigenvalue weighted by atomic mass is 10.1. The number of hydrogen-bond donors (Lipinski definition) is 2. The van der Waals surface area contributed by atoms with Crippen molar-refractivity contribution in [2.24, 2.45) is 0 Å². The molecule has 158 valence electrons. The van der Waals surface area contributed by atoms with Crippen molar-refractivity contribution in [3.8, 4) is 5.75 Å². The summed E-state index contributed by atoms with van der Waals surface area (Å²) in [5.74, 6) is 0.0557. The number of para-hydroxylation sites is 2. The zero-order chi connectivity index (χ0) is 21.5. The number of nitro benzene ring substituents is 1. The van der Waals surface area contributed by atoms with Gasteiger partial charge in [0.1, 0.15) is 11.4 Å². The monoisotopic (exact) mass is 430 g/mol. The molecule has 1 heterocycles. The van der Waals surface area contributed by atoms with Gasteiger partial charge in [0.25, 0.3) is 11.6 Å². The fourth-order valence-corrected chi connectivity index (χ4v) is 3.27. The fourth-order valence-electron chi connectivity index (χ4n) is 3.06. The maximum atomic E-state index is 12.6. The summed E-state index contributed by atoms with van der Waals surface area (Å²) in [4.78, 5) is 25.5. The first-order chi connectivity index (χ1) is 14.5. The minimum atomic E-state index is -0.544. The van der Waals surface area contributed by atoms with Gasteiger partial charge in [0.2, 0.25) is 0 Å². The maximum Gasteiger partial charge on any atom is 0.293 e. The predicted octanol–water partition coefficient (Wildman–Crippen LogP) is 2.96. The molecule has 2 aromatic rings. The topological polar surface area (TPSA) is 106 Å². The highest BCUT2D eigenvalue weighted by molar-refractivity contribution is 7.80. The van der Waals surface area contributed by atoms with Gasteiger partial charge in [-0.3, -0.25) is 20.2 Å². The molecule has 0 saturated carbocycles. The van der Waals surface area contributed by atoms with Gasteiger partial charge in [-0.1, -0.05) is 12.1 Å². The number of nitrogens with zero attached hydrogens (tertiary/aromatic N) is 2. The minimum Gasteiger partial charge on any atom is -0.492 e. The molecule has 0 atom stereocenters. The van der Waals surface area contributed by atoms with Gasteiger partial charge in [-0.2, -0.15) is 0 Å². The molecule has 0 unspecified atom stereocenters. The van der Waals surface area contributed by atoms with Crippen molar-refractivity contribution < 1.29 is 19.2 Å². The molecule has 2 aromatic carbocycles. The Morgan fingerprint density at radius 1 is 1.27 bits per heavy atom. The zero-order valence-electron chi connectivity index (χ0n) is 16.4. The molecule has 1 aliphatic heterocycles. The fraction of sp³-hybridized carbons (Fsp3) is 0.300. The van der Waals surface area contributed by atoms with Crippen LogP contribution in [0.25, 0.3) is 0 Å². The van der Waals surface area contributed by atoms with Gasteiger partial charge in [-0.05, 0) is 43.4 Å². The van der Waals surface area contributed by atoms with E-state index >= 15 is 0 Å². The molecule has 1 saturated heterocycles. The number of nitro groups is 1. The first-order valence-corrected chi connectivity index (χ1v) is 9.85. The maximum absolute atomic E-state index is 12.6. The van der Waals surface area contributed by atoms with Gasteiger partial charge < -0.3 is 19.7 Å². The first kappa shape index (κ1) is 21.5. The van der Waals surface area contributed by atoms with Crippen molar-refractivity contribution in [1.29, 1.82) is 0 Å². The SMILES string of the molecule is CCOc1ccccc1NC(=S)NC(=O)c1ccc(N2CCOCC2)c([N+](=O)[O-])c1. The summed E-state index contributed by atoms with van der Waals surface area (Å²) in [7, 11) is 0. The Balaban J connectivity index is 1.72. The molecule has 0 spiro atoms. The zero-order valence-corrected chi connectivity index (χ0v) is 17.2. The molecule has 2 N–H and O–H groups in total. The third-order valence-electron chi connectivity index (χ3n) is 4.45. The molecule has 9 nitrogen and oxygen atoms in total. The first-order valence-electron chi connectivity index (χ1n) is 9.45. The summed E-state index contributed by atoms with van der Waals surface area (Å²) in [6, 6.07) is 11.6. The van der Waals surface area contributed by atoms with E-state index in [4.69, 9.17) is 21.7 Å². The van der Waals surface area contributed by atoms with Crippen LogP contribution in [0, 0.1) is 10.1 Å². The predicted molar refractivity (Wildman–Crippen MR) is 117 cm³/mol. The van der Waals surface area contributed by atoms with Gasteiger partial charge in [0.15, 0.2) is 5.11 Å². The van der Waals surface area contributed by atoms with Crippen LogP contribution in [-0.4, -0.2) is 48.9 Å². The molecule has 1 fully saturated rings. The molecule has 3 rings (SSSR count). The van der Waals surface area contributed by atoms with Crippen LogP contribution in [-0.2, 0) is 4.74 Å². The summed E-state index contributed by atoms with van der Waals surface area (Å²) in [5.41, 5.74) is 1.08. The van der Waals surface area contributed by atoms with E-state index in [-0.39, 0.29) is 16.4 Å². The van der Waals surface area contributed by atoms with Crippen LogP contribution < -0.4 is 20.3 Å². The van der Waals surface area contributed by atoms with Crippen LogP contribution in [0.2, 0.25) is 0 Å². The van der Waals surface area contributed by atoms with E-state index in [9.17, 15) is 14.9 Å². The molecule has 0 radical (unpaired) electrons. The number of rotatable bonds is 6. The van der Waals surface area contributed by atoms with E-state index in [1.165, 1.54) is 6.07 Å². The summed E-state index contributed by atoms with van der Waals surface area (Å²) in [6.45, 7) is 4.46. The van der Waals surface area contributed by atoms with Crippen molar-refractivity contribution in [2.45, 2.75) is 6.92 Å². The molecular formula is C20H22N4O5S. The Morgan fingerprint density at radius 3 is 2.70 bits per heavy atom. The van der Waals surface area contributed by atoms with E-state index in [0.717, 1.165) is 0 Å². The van der Waals surface area contributed by atoms with Crippen molar-refractivity contribution in [3.63, 3.8) is 0 Å². The van der Waals surface area contributed by atoms with Crippen molar-refractivity contribution in [2.75, 3.05) is 43.1 Å². The summed E-state index contributed by atoms with van der Waals surface area (Å²) >= 11 is 5.21. The van der Waals surface area contributed by atoms with Crippen molar-refractivity contribution in [3.05, 3.63) is 58.1 Å². The lowest BCUT2D eigenvalue weighted by molar-refractivity contribution is -0.384. The second kappa shape index (κ2) is 9.99.